The average Bonchev–Trinajstić information content (AvgIpc) is 2.93. The Bertz CT molecular complexity index is 1350. The van der Waals surface area contributed by atoms with Crippen molar-refractivity contribution in [3.63, 3.8) is 0 Å². The summed E-state index contributed by atoms with van der Waals surface area (Å²) in [5, 5.41) is 38.8. The largest absolute Gasteiger partial charge is 0.378 e. The summed E-state index contributed by atoms with van der Waals surface area (Å²) >= 11 is 0. The second kappa shape index (κ2) is 8.22. The van der Waals surface area contributed by atoms with Crippen molar-refractivity contribution in [2.45, 2.75) is 32.2 Å². The highest BCUT2D eigenvalue weighted by molar-refractivity contribution is 5.93. The van der Waals surface area contributed by atoms with E-state index in [1.807, 2.05) is 0 Å². The maximum atomic E-state index is 15.0. The van der Waals surface area contributed by atoms with Crippen LogP contribution in [0.3, 0.4) is 0 Å². The van der Waals surface area contributed by atoms with E-state index in [1.54, 1.807) is 36.9 Å². The summed E-state index contributed by atoms with van der Waals surface area (Å²) < 4.78 is 20.9. The third-order valence-corrected chi connectivity index (χ3v) is 5.06. The summed E-state index contributed by atoms with van der Waals surface area (Å²) in [5.74, 6) is 4.83. The molecule has 2 heterocycles. The van der Waals surface area contributed by atoms with E-state index in [0.717, 1.165) is 6.07 Å². The summed E-state index contributed by atoms with van der Waals surface area (Å²) in [5.41, 5.74) is -0.872. The van der Waals surface area contributed by atoms with E-state index in [-0.39, 0.29) is 41.0 Å². The highest BCUT2D eigenvalue weighted by Gasteiger charge is 2.31. The molecular weight excluding hydrogens is 433 g/mol. The van der Waals surface area contributed by atoms with Gasteiger partial charge in [0.2, 0.25) is 0 Å². The van der Waals surface area contributed by atoms with Gasteiger partial charge in [-0.05, 0) is 38.1 Å². The van der Waals surface area contributed by atoms with E-state index in [9.17, 15) is 25.2 Å². The molecule has 1 aliphatic rings. The molecule has 0 radical (unpaired) electrons. The number of hydrogen-bond acceptors (Lipinski definition) is 8. The number of aromatic nitrogens is 2. The highest BCUT2D eigenvalue weighted by atomic mass is 19.1. The van der Waals surface area contributed by atoms with Crippen LogP contribution in [0.15, 0.2) is 41.2 Å². The van der Waals surface area contributed by atoms with Crippen LogP contribution < -0.4 is 10.6 Å². The first-order valence-corrected chi connectivity index (χ1v) is 10.1. The lowest BCUT2D eigenvalue weighted by molar-refractivity contribution is -0.374. The summed E-state index contributed by atoms with van der Waals surface area (Å²) in [4.78, 5) is 18.1. The zero-order chi connectivity index (χ0) is 24.0. The Hall–Kier alpha value is -3.33. The van der Waals surface area contributed by atoms with Gasteiger partial charge in [0.05, 0.1) is 24.1 Å². The van der Waals surface area contributed by atoms with Crippen LogP contribution in [-0.4, -0.2) is 48.7 Å². The maximum absolute atomic E-state index is 15.0. The van der Waals surface area contributed by atoms with Crippen LogP contribution in [0.5, 0.6) is 0 Å². The number of hydrogen-bond donors (Lipinski definition) is 4. The van der Waals surface area contributed by atoms with Crippen molar-refractivity contribution in [1.29, 1.82) is 0 Å². The monoisotopic (exact) mass is 455 g/mol. The molecule has 0 atom stereocenters. The Morgan fingerprint density at radius 2 is 1.85 bits per heavy atom. The second-order valence-corrected chi connectivity index (χ2v) is 8.10. The van der Waals surface area contributed by atoms with Gasteiger partial charge in [0, 0.05) is 23.4 Å². The maximum Gasteiger partial charge on any atom is 0.377 e. The van der Waals surface area contributed by atoms with Gasteiger partial charge in [0.25, 0.3) is 0 Å². The molecule has 10 heteroatoms. The molecule has 4 N–H and O–H groups in total. The third kappa shape index (κ3) is 4.45. The molecule has 0 amide bonds. The number of aliphatic hydroxyl groups is 4. The van der Waals surface area contributed by atoms with Gasteiger partial charge >= 0.3 is 11.8 Å². The minimum atomic E-state index is -3.58. The standard InChI is InChI=1S/C23H22FN3O6/c1-22(2,29)10-9-14-5-3-7-17-15(14)13-33-12-11-26(17)20-19-16(24)6-4-8-18(19)27(21(28)25-20)23(30,31)32/h3-8,29-32H,11-13H2,1-2H3. The van der Waals surface area contributed by atoms with E-state index in [4.69, 9.17) is 4.74 Å². The molecule has 4 rings (SSSR count). The molecule has 0 fully saturated rings. The lowest BCUT2D eigenvalue weighted by Gasteiger charge is -2.27. The Balaban J connectivity index is 2.00. The van der Waals surface area contributed by atoms with Crippen molar-refractivity contribution < 1.29 is 29.6 Å². The fourth-order valence-electron chi connectivity index (χ4n) is 3.69. The highest BCUT2D eigenvalue weighted by Crippen LogP contribution is 2.36. The van der Waals surface area contributed by atoms with Gasteiger partial charge in [-0.3, -0.25) is 0 Å². The van der Waals surface area contributed by atoms with E-state index in [2.05, 4.69) is 16.8 Å². The van der Waals surface area contributed by atoms with Crippen molar-refractivity contribution in [1.82, 2.24) is 9.55 Å². The summed E-state index contributed by atoms with van der Waals surface area (Å²) in [7, 11) is 0. The van der Waals surface area contributed by atoms with Crippen molar-refractivity contribution in [3.8, 4) is 11.8 Å². The molecule has 0 spiro atoms. The molecule has 2 aromatic carbocycles. The third-order valence-electron chi connectivity index (χ3n) is 5.06. The molecule has 0 aliphatic carbocycles. The molecule has 1 aromatic heterocycles. The van der Waals surface area contributed by atoms with E-state index < -0.39 is 23.2 Å². The number of benzene rings is 2. The zero-order valence-electron chi connectivity index (χ0n) is 17.9. The molecule has 1 aliphatic heterocycles. The zero-order valence-corrected chi connectivity index (χ0v) is 17.9. The predicted molar refractivity (Wildman–Crippen MR) is 117 cm³/mol. The summed E-state index contributed by atoms with van der Waals surface area (Å²) in [6, 6.07) is 8.90. The van der Waals surface area contributed by atoms with Crippen LogP contribution >= 0.6 is 0 Å². The molecule has 3 aromatic rings. The Morgan fingerprint density at radius 3 is 2.55 bits per heavy atom. The van der Waals surface area contributed by atoms with Crippen molar-refractivity contribution in [2.75, 3.05) is 18.1 Å². The average molecular weight is 455 g/mol. The molecule has 9 nitrogen and oxygen atoms in total. The number of anilines is 2. The Morgan fingerprint density at radius 1 is 1.12 bits per heavy atom. The molecular formula is C23H22FN3O6. The van der Waals surface area contributed by atoms with Crippen LogP contribution in [0.2, 0.25) is 0 Å². The van der Waals surface area contributed by atoms with Crippen molar-refractivity contribution in [2.24, 2.45) is 0 Å². The van der Waals surface area contributed by atoms with E-state index in [1.165, 1.54) is 12.1 Å². The number of rotatable bonds is 2. The van der Waals surface area contributed by atoms with Gasteiger partial charge in [0.1, 0.15) is 11.4 Å². The number of ether oxygens (including phenoxy) is 1. The first-order chi connectivity index (χ1) is 15.5. The number of fused-ring (bicyclic) bond motifs is 2. The van der Waals surface area contributed by atoms with Gasteiger partial charge in [-0.25, -0.2) is 13.8 Å². The molecule has 0 bridgehead atoms. The number of nitrogens with zero attached hydrogens (tertiary/aromatic N) is 3. The van der Waals surface area contributed by atoms with Gasteiger partial charge < -0.3 is 30.1 Å². The summed E-state index contributed by atoms with van der Waals surface area (Å²) in [6.45, 7) is 3.73. The van der Waals surface area contributed by atoms with Crippen LogP contribution in [0.4, 0.5) is 15.9 Å². The van der Waals surface area contributed by atoms with Crippen LogP contribution in [0.1, 0.15) is 25.0 Å². The Labute approximate surface area is 187 Å². The second-order valence-electron chi connectivity index (χ2n) is 8.10. The van der Waals surface area contributed by atoms with Gasteiger partial charge in [0.15, 0.2) is 5.82 Å². The smallest absolute Gasteiger partial charge is 0.377 e. The fourth-order valence-corrected chi connectivity index (χ4v) is 3.69. The number of halogens is 1. The topological polar surface area (TPSA) is 128 Å². The quantitative estimate of drug-likeness (QED) is 0.331. The van der Waals surface area contributed by atoms with E-state index >= 15 is 4.39 Å². The minimum absolute atomic E-state index is 0.0760. The predicted octanol–water partition coefficient (Wildman–Crippen LogP) is 0.871. The Kier molecular flexibility index (Phi) is 5.69. The van der Waals surface area contributed by atoms with E-state index in [0.29, 0.717) is 16.8 Å². The fraction of sp³-hybridized carbons (Fsp3) is 0.304. The lowest BCUT2D eigenvalue weighted by atomic mass is 10.0. The van der Waals surface area contributed by atoms with Crippen molar-refractivity contribution in [3.05, 3.63) is 63.8 Å². The summed E-state index contributed by atoms with van der Waals surface area (Å²) in [6.07, 6.45) is -3.58. The van der Waals surface area contributed by atoms with Gasteiger partial charge in [-0.2, -0.15) is 4.98 Å². The lowest BCUT2D eigenvalue weighted by Crippen LogP contribution is -2.43. The van der Waals surface area contributed by atoms with Crippen LogP contribution in [0.25, 0.3) is 10.9 Å². The first kappa shape index (κ1) is 22.8. The van der Waals surface area contributed by atoms with Gasteiger partial charge in [-0.15, -0.1) is 0 Å². The molecule has 0 saturated carbocycles. The normalized spacial score (nSPS) is 14.5. The minimum Gasteiger partial charge on any atom is -0.378 e. The van der Waals surface area contributed by atoms with Crippen molar-refractivity contribution >= 4 is 22.4 Å². The molecule has 33 heavy (non-hydrogen) atoms. The SMILES string of the molecule is CC(C)(O)C#Cc1cccc2c1COCCN2c1nc(=O)n(C(O)(O)O)c2cccc(F)c12. The molecule has 0 unspecified atom stereocenters. The molecule has 0 saturated heterocycles. The van der Waals surface area contributed by atoms with Gasteiger partial charge in [-0.1, -0.05) is 24.0 Å². The van der Waals surface area contributed by atoms with Crippen LogP contribution in [0, 0.1) is 17.7 Å². The first-order valence-electron chi connectivity index (χ1n) is 10.1. The molecule has 172 valence electrons. The van der Waals surface area contributed by atoms with Crippen LogP contribution in [-0.2, 0) is 17.4 Å².